The molecule has 1 aliphatic heterocycles. The number of halogens is 2. The molecule has 0 aromatic heterocycles. The summed E-state index contributed by atoms with van der Waals surface area (Å²) < 4.78 is 33.5. The smallest absolute Gasteiger partial charge is 0.255 e. The van der Waals surface area contributed by atoms with Crippen LogP contribution in [0.2, 0.25) is 0 Å². The molecule has 1 fully saturated rings. The van der Waals surface area contributed by atoms with E-state index in [0.717, 1.165) is 11.1 Å². The van der Waals surface area contributed by atoms with Crippen molar-refractivity contribution in [2.24, 2.45) is 0 Å². The Morgan fingerprint density at radius 2 is 1.29 bits per heavy atom. The Labute approximate surface area is 162 Å². The fourth-order valence-corrected chi connectivity index (χ4v) is 3.30. The highest BCUT2D eigenvalue weighted by atomic mass is 19.1. The molecule has 1 aliphatic rings. The lowest BCUT2D eigenvalue weighted by molar-refractivity contribution is -0.133. The lowest BCUT2D eigenvalue weighted by atomic mass is 10.1. The van der Waals surface area contributed by atoms with Crippen LogP contribution >= 0.6 is 0 Å². The first-order valence-corrected chi connectivity index (χ1v) is 9.09. The van der Waals surface area contributed by atoms with Crippen LogP contribution in [0.5, 0.6) is 0 Å². The minimum atomic E-state index is -0.886. The van der Waals surface area contributed by atoms with Gasteiger partial charge in [-0.1, -0.05) is 66.7 Å². The average molecular weight is 379 g/mol. The van der Waals surface area contributed by atoms with Gasteiger partial charge in [-0.15, -0.1) is 0 Å². The molecule has 1 saturated heterocycles. The summed E-state index contributed by atoms with van der Waals surface area (Å²) in [7, 11) is 0. The van der Waals surface area contributed by atoms with Gasteiger partial charge in [-0.3, -0.25) is 4.79 Å². The van der Waals surface area contributed by atoms with Crippen molar-refractivity contribution in [1.82, 2.24) is 4.90 Å². The number of hydrogen-bond acceptors (Lipinski definition) is 2. The monoisotopic (exact) mass is 379 g/mol. The average Bonchev–Trinajstić information content (AvgIpc) is 3.49. The molecular formula is C23H19F2NO2. The van der Waals surface area contributed by atoms with Gasteiger partial charge in [0, 0.05) is 13.1 Å². The third-order valence-corrected chi connectivity index (χ3v) is 4.76. The third-order valence-electron chi connectivity index (χ3n) is 4.76. The number of nitrogens with zero attached hydrogens (tertiary/aromatic N) is 1. The number of epoxide rings is 1. The first kappa shape index (κ1) is 18.3. The molecule has 3 aromatic rings. The van der Waals surface area contributed by atoms with E-state index in [0.29, 0.717) is 13.1 Å². The number of benzene rings is 3. The largest absolute Gasteiger partial charge is 0.354 e. The van der Waals surface area contributed by atoms with Crippen molar-refractivity contribution in [3.05, 3.63) is 107 Å². The van der Waals surface area contributed by atoms with E-state index in [2.05, 4.69) is 0 Å². The molecule has 28 heavy (non-hydrogen) atoms. The molecule has 1 amide bonds. The molecule has 0 saturated carbocycles. The Bertz CT molecular complexity index is 901. The van der Waals surface area contributed by atoms with Crippen molar-refractivity contribution in [3.8, 4) is 0 Å². The normalized spacial score (nSPS) is 17.9. The van der Waals surface area contributed by atoms with Gasteiger partial charge in [-0.05, 0) is 23.3 Å². The standard InChI is InChI=1S/C23H19F2NO2/c24-18-12-7-13-19(25)20(18)21-22(28-21)23(27)26(14-16-8-3-1-4-9-16)15-17-10-5-2-6-11-17/h1-13,21-22H,14-15H2/t21-,22+/m0/s1. The number of rotatable bonds is 6. The SMILES string of the molecule is O=C([C@@H]1O[C@H]1c1c(F)cccc1F)N(Cc1ccccc1)Cc1ccccc1. The Balaban J connectivity index is 1.55. The molecule has 0 spiro atoms. The van der Waals surface area contributed by atoms with Gasteiger partial charge in [0.25, 0.3) is 5.91 Å². The first-order valence-electron chi connectivity index (χ1n) is 9.09. The van der Waals surface area contributed by atoms with Crippen LogP contribution in [0.3, 0.4) is 0 Å². The van der Waals surface area contributed by atoms with E-state index in [9.17, 15) is 13.6 Å². The Kier molecular flexibility index (Phi) is 5.17. The fourth-order valence-electron chi connectivity index (χ4n) is 3.30. The highest BCUT2D eigenvalue weighted by Crippen LogP contribution is 2.42. The molecule has 0 N–H and O–H groups in total. The van der Waals surface area contributed by atoms with Crippen molar-refractivity contribution in [3.63, 3.8) is 0 Å². The van der Waals surface area contributed by atoms with Gasteiger partial charge in [-0.25, -0.2) is 8.78 Å². The number of carbonyl (C=O) groups excluding carboxylic acids is 1. The maximum absolute atomic E-state index is 14.0. The molecule has 4 rings (SSSR count). The Morgan fingerprint density at radius 3 is 1.79 bits per heavy atom. The minimum Gasteiger partial charge on any atom is -0.354 e. The zero-order valence-electron chi connectivity index (χ0n) is 15.1. The van der Waals surface area contributed by atoms with E-state index in [1.54, 1.807) is 4.90 Å². The van der Waals surface area contributed by atoms with Crippen molar-refractivity contribution in [2.45, 2.75) is 25.3 Å². The van der Waals surface area contributed by atoms with Crippen LogP contribution in [-0.4, -0.2) is 16.9 Å². The molecule has 3 aromatic carbocycles. The quantitative estimate of drug-likeness (QED) is 0.585. The van der Waals surface area contributed by atoms with Crippen LogP contribution in [0.4, 0.5) is 8.78 Å². The van der Waals surface area contributed by atoms with Gasteiger partial charge >= 0.3 is 0 Å². The predicted octanol–water partition coefficient (Wildman–Crippen LogP) is 4.63. The molecule has 3 nitrogen and oxygen atoms in total. The molecule has 1 heterocycles. The fraction of sp³-hybridized carbons (Fsp3) is 0.174. The van der Waals surface area contributed by atoms with Crippen molar-refractivity contribution in [1.29, 1.82) is 0 Å². The number of carbonyl (C=O) groups is 1. The van der Waals surface area contributed by atoms with Gasteiger partial charge < -0.3 is 9.64 Å². The predicted molar refractivity (Wildman–Crippen MR) is 101 cm³/mol. The molecule has 0 radical (unpaired) electrons. The van der Waals surface area contributed by atoms with Gasteiger partial charge in [-0.2, -0.15) is 0 Å². The second-order valence-electron chi connectivity index (χ2n) is 6.78. The summed E-state index contributed by atoms with van der Waals surface area (Å²) in [5.74, 6) is -1.67. The molecule has 5 heteroatoms. The molecule has 0 bridgehead atoms. The van der Waals surface area contributed by atoms with Crippen molar-refractivity contribution in [2.75, 3.05) is 0 Å². The molecule has 142 valence electrons. The third kappa shape index (κ3) is 3.94. The van der Waals surface area contributed by atoms with E-state index in [-0.39, 0.29) is 11.5 Å². The van der Waals surface area contributed by atoms with E-state index >= 15 is 0 Å². The lowest BCUT2D eigenvalue weighted by Crippen LogP contribution is -2.33. The summed E-state index contributed by atoms with van der Waals surface area (Å²) in [6.07, 6.45) is -1.76. The van der Waals surface area contributed by atoms with E-state index in [1.807, 2.05) is 60.7 Å². The summed E-state index contributed by atoms with van der Waals surface area (Å²) in [6.45, 7) is 0.780. The maximum Gasteiger partial charge on any atom is 0.255 e. The minimum absolute atomic E-state index is 0.180. The zero-order valence-corrected chi connectivity index (χ0v) is 15.1. The highest BCUT2D eigenvalue weighted by Gasteiger charge is 2.50. The Morgan fingerprint density at radius 1 is 0.786 bits per heavy atom. The molecular weight excluding hydrogens is 360 g/mol. The molecule has 2 atom stereocenters. The van der Waals surface area contributed by atoms with Crippen LogP contribution in [0.1, 0.15) is 22.8 Å². The molecule has 0 unspecified atom stereocenters. The van der Waals surface area contributed by atoms with Gasteiger partial charge in [0.2, 0.25) is 0 Å². The van der Waals surface area contributed by atoms with Crippen LogP contribution < -0.4 is 0 Å². The van der Waals surface area contributed by atoms with Gasteiger partial charge in [0.15, 0.2) is 6.10 Å². The second-order valence-corrected chi connectivity index (χ2v) is 6.78. The lowest BCUT2D eigenvalue weighted by Gasteiger charge is -2.22. The van der Waals surface area contributed by atoms with Crippen molar-refractivity contribution >= 4 is 5.91 Å². The number of amides is 1. The summed E-state index contributed by atoms with van der Waals surface area (Å²) in [4.78, 5) is 14.7. The van der Waals surface area contributed by atoms with Crippen LogP contribution in [-0.2, 0) is 22.6 Å². The van der Waals surface area contributed by atoms with Crippen LogP contribution in [0.25, 0.3) is 0 Å². The molecule has 0 aliphatic carbocycles. The highest BCUT2D eigenvalue weighted by molar-refractivity contribution is 5.84. The van der Waals surface area contributed by atoms with Gasteiger partial charge in [0.1, 0.15) is 17.7 Å². The first-order chi connectivity index (χ1) is 13.6. The summed E-state index contributed by atoms with van der Waals surface area (Å²) >= 11 is 0. The van der Waals surface area contributed by atoms with Crippen LogP contribution in [0.15, 0.2) is 78.9 Å². The second kappa shape index (κ2) is 7.90. The van der Waals surface area contributed by atoms with E-state index in [1.165, 1.54) is 18.2 Å². The van der Waals surface area contributed by atoms with Crippen molar-refractivity contribution < 1.29 is 18.3 Å². The summed E-state index contributed by atoms with van der Waals surface area (Å²) in [6, 6.07) is 22.8. The summed E-state index contributed by atoms with van der Waals surface area (Å²) in [5.41, 5.74) is 1.77. The topological polar surface area (TPSA) is 32.8 Å². The van der Waals surface area contributed by atoms with Gasteiger partial charge in [0.05, 0.1) is 5.56 Å². The van der Waals surface area contributed by atoms with Crippen LogP contribution in [0, 0.1) is 11.6 Å². The van der Waals surface area contributed by atoms with E-state index in [4.69, 9.17) is 4.74 Å². The number of hydrogen-bond donors (Lipinski definition) is 0. The number of ether oxygens (including phenoxy) is 1. The Hall–Kier alpha value is -3.05. The summed E-state index contributed by atoms with van der Waals surface area (Å²) in [5, 5.41) is 0. The zero-order chi connectivity index (χ0) is 19.5. The maximum atomic E-state index is 14.0. The van der Waals surface area contributed by atoms with E-state index < -0.39 is 23.8 Å².